The van der Waals surface area contributed by atoms with Crippen LogP contribution in [0.15, 0.2) is 76.2 Å². The zero-order chi connectivity index (χ0) is 30.9. The number of hydrogen-bond donors (Lipinski definition) is 0. The lowest BCUT2D eigenvalue weighted by Gasteiger charge is -2.25. The van der Waals surface area contributed by atoms with Crippen molar-refractivity contribution in [3.8, 4) is 17.2 Å². The third-order valence-electron chi connectivity index (χ3n) is 6.30. The van der Waals surface area contributed by atoms with Crippen molar-refractivity contribution in [3.63, 3.8) is 0 Å². The number of allylic oxidation sites excluding steroid dienone is 1. The van der Waals surface area contributed by atoms with Crippen LogP contribution in [0.2, 0.25) is 0 Å². The van der Waals surface area contributed by atoms with E-state index in [2.05, 4.69) is 11.6 Å². The van der Waals surface area contributed by atoms with Gasteiger partial charge in [-0.05, 0) is 69.2 Å². The van der Waals surface area contributed by atoms with Crippen LogP contribution in [0.3, 0.4) is 0 Å². The van der Waals surface area contributed by atoms with E-state index in [0.717, 1.165) is 5.56 Å². The maximum Gasteiger partial charge on any atom is 0.344 e. The summed E-state index contributed by atoms with van der Waals surface area (Å²) in [5.41, 5.74) is 1.81. The highest BCUT2D eigenvalue weighted by molar-refractivity contribution is 7.07. The van der Waals surface area contributed by atoms with Gasteiger partial charge in [0, 0.05) is 0 Å². The number of thiazole rings is 1. The SMILES string of the molecule is C=CCOc1ccc([C@@H]2C(C(=O)OCC)=C(C)N=c3s/c(=C/c4ccc(OCC(=O)OCC)cc4)c(=O)n32)cc1OCC. The van der Waals surface area contributed by atoms with Gasteiger partial charge < -0.3 is 23.7 Å². The third kappa shape index (κ3) is 7.23. The van der Waals surface area contributed by atoms with Crippen LogP contribution in [0.5, 0.6) is 17.2 Å². The number of benzene rings is 2. The molecule has 0 bridgehead atoms. The van der Waals surface area contributed by atoms with E-state index in [0.29, 0.717) is 51.1 Å². The summed E-state index contributed by atoms with van der Waals surface area (Å²) in [5.74, 6) is 0.489. The fourth-order valence-electron chi connectivity index (χ4n) is 4.49. The smallest absolute Gasteiger partial charge is 0.344 e. The van der Waals surface area contributed by atoms with Gasteiger partial charge in [-0.1, -0.05) is 42.2 Å². The molecule has 226 valence electrons. The Morgan fingerprint density at radius 2 is 1.72 bits per heavy atom. The van der Waals surface area contributed by atoms with Crippen LogP contribution >= 0.6 is 11.3 Å². The Bertz CT molecular complexity index is 1700. The van der Waals surface area contributed by atoms with Crippen LogP contribution in [0.25, 0.3) is 6.08 Å². The zero-order valence-electron chi connectivity index (χ0n) is 24.6. The molecule has 0 amide bonds. The topological polar surface area (TPSA) is 115 Å². The van der Waals surface area contributed by atoms with Crippen molar-refractivity contribution in [2.75, 3.05) is 33.0 Å². The van der Waals surface area contributed by atoms with Crippen molar-refractivity contribution in [3.05, 3.63) is 97.2 Å². The molecule has 2 aromatic carbocycles. The molecule has 3 aromatic rings. The Labute approximate surface area is 253 Å². The first-order chi connectivity index (χ1) is 20.8. The van der Waals surface area contributed by atoms with Gasteiger partial charge >= 0.3 is 11.9 Å². The van der Waals surface area contributed by atoms with Gasteiger partial charge in [-0.15, -0.1) is 0 Å². The van der Waals surface area contributed by atoms with Gasteiger partial charge in [0.1, 0.15) is 12.4 Å². The summed E-state index contributed by atoms with van der Waals surface area (Å²) in [5, 5.41) is 0. The lowest BCUT2D eigenvalue weighted by Crippen LogP contribution is -2.40. The van der Waals surface area contributed by atoms with Gasteiger partial charge in [0.15, 0.2) is 22.9 Å². The Balaban J connectivity index is 1.78. The summed E-state index contributed by atoms with van der Waals surface area (Å²) < 4.78 is 29.3. The molecule has 0 spiro atoms. The minimum Gasteiger partial charge on any atom is -0.490 e. The molecule has 43 heavy (non-hydrogen) atoms. The average Bonchev–Trinajstić information content (AvgIpc) is 3.29. The largest absolute Gasteiger partial charge is 0.490 e. The van der Waals surface area contributed by atoms with Crippen LogP contribution in [0, 0.1) is 0 Å². The second kappa shape index (κ2) is 14.5. The van der Waals surface area contributed by atoms with Crippen LogP contribution in [-0.2, 0) is 19.1 Å². The van der Waals surface area contributed by atoms with E-state index >= 15 is 0 Å². The lowest BCUT2D eigenvalue weighted by molar-refractivity contribution is -0.145. The van der Waals surface area contributed by atoms with Gasteiger partial charge in [-0.2, -0.15) is 0 Å². The predicted octanol–water partition coefficient (Wildman–Crippen LogP) is 3.70. The molecule has 0 saturated heterocycles. The van der Waals surface area contributed by atoms with E-state index in [1.165, 1.54) is 15.9 Å². The summed E-state index contributed by atoms with van der Waals surface area (Å²) in [4.78, 5) is 43.8. The molecule has 4 rings (SSSR count). The highest BCUT2D eigenvalue weighted by atomic mass is 32.1. The van der Waals surface area contributed by atoms with E-state index in [1.54, 1.807) is 75.4 Å². The molecule has 10 nitrogen and oxygen atoms in total. The Morgan fingerprint density at radius 3 is 2.40 bits per heavy atom. The normalized spacial score (nSPS) is 14.4. The molecule has 1 aliphatic heterocycles. The molecule has 1 aliphatic rings. The fraction of sp³-hybridized carbons (Fsp3) is 0.312. The monoisotopic (exact) mass is 606 g/mol. The Morgan fingerprint density at radius 1 is 0.977 bits per heavy atom. The predicted molar refractivity (Wildman–Crippen MR) is 162 cm³/mol. The maximum atomic E-state index is 13.9. The summed E-state index contributed by atoms with van der Waals surface area (Å²) in [7, 11) is 0. The second-order valence-electron chi connectivity index (χ2n) is 9.20. The minimum atomic E-state index is -0.802. The number of carbonyl (C=O) groups excluding carboxylic acids is 2. The molecule has 0 aliphatic carbocycles. The molecule has 0 N–H and O–H groups in total. The highest BCUT2D eigenvalue weighted by Gasteiger charge is 2.34. The van der Waals surface area contributed by atoms with Crippen molar-refractivity contribution in [2.24, 2.45) is 4.99 Å². The van der Waals surface area contributed by atoms with Crippen molar-refractivity contribution < 1.29 is 33.3 Å². The van der Waals surface area contributed by atoms with Gasteiger partial charge in [0.05, 0.1) is 41.7 Å². The van der Waals surface area contributed by atoms with E-state index in [1.807, 2.05) is 6.92 Å². The molecular weight excluding hydrogens is 572 g/mol. The molecule has 0 radical (unpaired) electrons. The van der Waals surface area contributed by atoms with E-state index in [4.69, 9.17) is 23.7 Å². The average molecular weight is 607 g/mol. The highest BCUT2D eigenvalue weighted by Crippen LogP contribution is 2.36. The number of fused-ring (bicyclic) bond motifs is 1. The summed E-state index contributed by atoms with van der Waals surface area (Å²) in [6.07, 6.45) is 3.38. The van der Waals surface area contributed by atoms with Gasteiger partial charge in [0.25, 0.3) is 5.56 Å². The molecule has 0 saturated carbocycles. The molecule has 1 aromatic heterocycles. The van der Waals surface area contributed by atoms with Crippen LogP contribution in [0.1, 0.15) is 44.9 Å². The lowest BCUT2D eigenvalue weighted by atomic mass is 9.95. The number of ether oxygens (including phenoxy) is 5. The van der Waals surface area contributed by atoms with Crippen molar-refractivity contribution in [2.45, 2.75) is 33.7 Å². The molecule has 1 atom stereocenters. The first-order valence-corrected chi connectivity index (χ1v) is 14.7. The number of nitrogens with zero attached hydrogens (tertiary/aromatic N) is 2. The first-order valence-electron chi connectivity index (χ1n) is 13.9. The number of carbonyl (C=O) groups is 2. The standard InChI is InChI=1S/C32H34N2O8S/c1-6-16-41-24-15-12-22(18-25(24)38-7-2)29-28(31(37)40-9-4)20(5)33-32-34(29)30(36)26(43-32)17-21-10-13-23(14-11-21)42-19-27(35)39-8-3/h6,10-15,17-18,29H,1,7-9,16,19H2,2-5H3/b26-17+/t29-/m1/s1. The summed E-state index contributed by atoms with van der Waals surface area (Å²) in [6, 6.07) is 11.5. The summed E-state index contributed by atoms with van der Waals surface area (Å²) in [6.45, 7) is 11.7. The molecule has 2 heterocycles. The van der Waals surface area contributed by atoms with E-state index in [-0.39, 0.29) is 31.0 Å². The zero-order valence-corrected chi connectivity index (χ0v) is 25.4. The van der Waals surface area contributed by atoms with E-state index < -0.39 is 18.0 Å². The van der Waals surface area contributed by atoms with Crippen LogP contribution < -0.4 is 29.1 Å². The minimum absolute atomic E-state index is 0.171. The molecule has 11 heteroatoms. The molecule has 0 fully saturated rings. The van der Waals surface area contributed by atoms with Gasteiger partial charge in [-0.3, -0.25) is 9.36 Å². The summed E-state index contributed by atoms with van der Waals surface area (Å²) >= 11 is 1.22. The number of rotatable bonds is 13. The molecule has 0 unspecified atom stereocenters. The van der Waals surface area contributed by atoms with Gasteiger partial charge in [0.2, 0.25) is 0 Å². The van der Waals surface area contributed by atoms with Crippen molar-refractivity contribution in [1.82, 2.24) is 4.57 Å². The van der Waals surface area contributed by atoms with Crippen LogP contribution in [-0.4, -0.2) is 49.5 Å². The van der Waals surface area contributed by atoms with Crippen molar-refractivity contribution in [1.29, 1.82) is 0 Å². The molecular formula is C32H34N2O8S. The Hall–Kier alpha value is -4.64. The third-order valence-corrected chi connectivity index (χ3v) is 7.28. The van der Waals surface area contributed by atoms with Crippen LogP contribution in [0.4, 0.5) is 0 Å². The van der Waals surface area contributed by atoms with E-state index in [9.17, 15) is 14.4 Å². The Kier molecular flexibility index (Phi) is 10.6. The number of aromatic nitrogens is 1. The van der Waals surface area contributed by atoms with Crippen molar-refractivity contribution >= 4 is 29.4 Å². The van der Waals surface area contributed by atoms with Gasteiger partial charge in [-0.25, -0.2) is 14.6 Å². The fourth-order valence-corrected chi connectivity index (χ4v) is 5.54. The first kappa shape index (κ1) is 31.3. The number of esters is 2. The maximum absolute atomic E-state index is 13.9. The quantitative estimate of drug-likeness (QED) is 0.214. The second-order valence-corrected chi connectivity index (χ2v) is 10.2. The number of hydrogen-bond acceptors (Lipinski definition) is 10.